The fourth-order valence-corrected chi connectivity index (χ4v) is 3.51. The van der Waals surface area contributed by atoms with Crippen LogP contribution in [0.4, 0.5) is 0 Å². The predicted molar refractivity (Wildman–Crippen MR) is 84.5 cm³/mol. The van der Waals surface area contributed by atoms with Crippen LogP contribution in [0.25, 0.3) is 0 Å². The van der Waals surface area contributed by atoms with Gasteiger partial charge in [-0.1, -0.05) is 18.7 Å². The van der Waals surface area contributed by atoms with E-state index >= 15 is 0 Å². The first-order chi connectivity index (χ1) is 9.90. The standard InChI is InChI=1S/C14H30NO6P/c1-8-10-19-22(18,20-11-9-2)15(13(3,4)5)21-14(6,7)12(16)17/h8-11H2,1-7H3,(H,16,17). The lowest BCUT2D eigenvalue weighted by Crippen LogP contribution is -2.48. The lowest BCUT2D eigenvalue weighted by molar-refractivity contribution is -0.235. The van der Waals surface area contributed by atoms with Crippen molar-refractivity contribution in [3.63, 3.8) is 0 Å². The van der Waals surface area contributed by atoms with Gasteiger partial charge < -0.3 is 5.11 Å². The lowest BCUT2D eigenvalue weighted by Gasteiger charge is -2.41. The zero-order valence-electron chi connectivity index (χ0n) is 14.7. The van der Waals surface area contributed by atoms with Crippen LogP contribution in [0.2, 0.25) is 0 Å². The molecule has 0 aromatic heterocycles. The third-order valence-electron chi connectivity index (χ3n) is 2.54. The smallest absolute Gasteiger partial charge is 0.431 e. The van der Waals surface area contributed by atoms with Crippen molar-refractivity contribution in [2.24, 2.45) is 0 Å². The molecule has 0 aliphatic heterocycles. The summed E-state index contributed by atoms with van der Waals surface area (Å²) in [6.07, 6.45) is 1.31. The summed E-state index contributed by atoms with van der Waals surface area (Å²) >= 11 is 0. The first-order valence-corrected chi connectivity index (χ1v) is 9.02. The summed E-state index contributed by atoms with van der Waals surface area (Å²) in [7, 11) is -3.77. The Morgan fingerprint density at radius 1 is 1.05 bits per heavy atom. The molecule has 22 heavy (non-hydrogen) atoms. The van der Waals surface area contributed by atoms with Crippen molar-refractivity contribution in [3.05, 3.63) is 0 Å². The summed E-state index contributed by atoms with van der Waals surface area (Å²) in [5, 5.41) is 9.25. The average Bonchev–Trinajstić information content (AvgIpc) is 2.39. The molecule has 7 nitrogen and oxygen atoms in total. The molecule has 0 bridgehead atoms. The minimum atomic E-state index is -3.77. The zero-order chi connectivity index (χ0) is 17.6. The Hall–Kier alpha value is -0.460. The van der Waals surface area contributed by atoms with E-state index in [0.717, 1.165) is 4.83 Å². The molecule has 0 saturated carbocycles. The highest BCUT2D eigenvalue weighted by Crippen LogP contribution is 2.56. The quantitative estimate of drug-likeness (QED) is 0.478. The van der Waals surface area contributed by atoms with E-state index in [4.69, 9.17) is 13.9 Å². The molecule has 1 N–H and O–H groups in total. The van der Waals surface area contributed by atoms with Gasteiger partial charge in [0.15, 0.2) is 5.60 Å². The van der Waals surface area contributed by atoms with Crippen molar-refractivity contribution < 1.29 is 28.4 Å². The van der Waals surface area contributed by atoms with Crippen molar-refractivity contribution >= 4 is 13.7 Å². The minimum absolute atomic E-state index is 0.227. The van der Waals surface area contributed by atoms with Crippen LogP contribution in [0, 0.1) is 0 Å². The number of carboxylic acid groups (broad SMARTS) is 1. The van der Waals surface area contributed by atoms with Crippen LogP contribution in [0.3, 0.4) is 0 Å². The van der Waals surface area contributed by atoms with E-state index in [-0.39, 0.29) is 13.2 Å². The Morgan fingerprint density at radius 2 is 1.45 bits per heavy atom. The second-order valence-electron chi connectivity index (χ2n) is 6.49. The van der Waals surface area contributed by atoms with Crippen LogP contribution in [0.15, 0.2) is 0 Å². The molecule has 132 valence electrons. The van der Waals surface area contributed by atoms with Crippen LogP contribution < -0.4 is 0 Å². The van der Waals surface area contributed by atoms with E-state index in [1.165, 1.54) is 13.8 Å². The molecular weight excluding hydrogens is 309 g/mol. The SMILES string of the molecule is CCCOP(=O)(OCCC)N(OC(C)(C)C(=O)O)C(C)(C)C. The van der Waals surface area contributed by atoms with Gasteiger partial charge in [-0.3, -0.25) is 13.9 Å². The average molecular weight is 339 g/mol. The number of aliphatic carboxylic acids is 1. The molecule has 0 saturated heterocycles. The number of hydrogen-bond acceptors (Lipinski definition) is 5. The number of carbonyl (C=O) groups is 1. The highest BCUT2D eigenvalue weighted by molar-refractivity contribution is 7.51. The Balaban J connectivity index is 5.58. The summed E-state index contributed by atoms with van der Waals surface area (Å²) in [6.45, 7) is 12.2. The Bertz CT molecular complexity index is 393. The molecule has 0 spiro atoms. The Labute approximate surface area is 133 Å². The molecule has 0 aliphatic carbocycles. The van der Waals surface area contributed by atoms with E-state index in [1.54, 1.807) is 20.8 Å². The van der Waals surface area contributed by atoms with Crippen molar-refractivity contribution in [3.8, 4) is 0 Å². The van der Waals surface area contributed by atoms with Crippen LogP contribution >= 0.6 is 7.75 Å². The summed E-state index contributed by atoms with van der Waals surface area (Å²) in [4.78, 5) is 17.9. The van der Waals surface area contributed by atoms with Crippen LogP contribution in [-0.4, -0.2) is 40.3 Å². The molecule has 0 unspecified atom stereocenters. The second-order valence-corrected chi connectivity index (χ2v) is 8.30. The normalized spacial score (nSPS) is 13.6. The largest absolute Gasteiger partial charge is 0.479 e. The second kappa shape index (κ2) is 8.41. The van der Waals surface area contributed by atoms with Gasteiger partial charge in [-0.25, -0.2) is 9.36 Å². The number of nitrogens with zero attached hydrogens (tertiary/aromatic N) is 1. The molecular formula is C14H30NO6P. The molecule has 0 atom stereocenters. The van der Waals surface area contributed by atoms with E-state index in [0.29, 0.717) is 12.8 Å². The molecule has 0 radical (unpaired) electrons. The molecule has 0 heterocycles. The van der Waals surface area contributed by atoms with Crippen LogP contribution in [-0.2, 0) is 23.2 Å². The predicted octanol–water partition coefficient (Wildman–Crippen LogP) is 3.84. The van der Waals surface area contributed by atoms with Gasteiger partial charge in [0, 0.05) is 5.54 Å². The fourth-order valence-electron chi connectivity index (χ4n) is 1.37. The van der Waals surface area contributed by atoms with Gasteiger partial charge in [0.2, 0.25) is 0 Å². The van der Waals surface area contributed by atoms with Crippen LogP contribution in [0.5, 0.6) is 0 Å². The zero-order valence-corrected chi connectivity index (χ0v) is 15.6. The monoisotopic (exact) mass is 339 g/mol. The third-order valence-corrected chi connectivity index (χ3v) is 4.69. The summed E-state index contributed by atoms with van der Waals surface area (Å²) in [6, 6.07) is 0. The highest BCUT2D eigenvalue weighted by Gasteiger charge is 2.47. The highest BCUT2D eigenvalue weighted by atomic mass is 31.2. The summed E-state index contributed by atoms with van der Waals surface area (Å²) in [5.41, 5.74) is -2.34. The minimum Gasteiger partial charge on any atom is -0.479 e. The Kier molecular flexibility index (Phi) is 8.23. The van der Waals surface area contributed by atoms with Gasteiger partial charge in [0.1, 0.15) is 0 Å². The maximum absolute atomic E-state index is 13.1. The van der Waals surface area contributed by atoms with Crippen molar-refractivity contribution in [2.75, 3.05) is 13.2 Å². The summed E-state index contributed by atoms with van der Waals surface area (Å²) < 4.78 is 24.0. The third kappa shape index (κ3) is 6.34. The lowest BCUT2D eigenvalue weighted by atomic mass is 10.1. The molecule has 0 aliphatic rings. The number of hydrogen-bond donors (Lipinski definition) is 1. The molecule has 8 heteroatoms. The summed E-state index contributed by atoms with van der Waals surface area (Å²) in [5.74, 6) is -1.17. The van der Waals surface area contributed by atoms with Gasteiger partial charge in [-0.2, -0.15) is 0 Å². The fraction of sp³-hybridized carbons (Fsp3) is 0.929. The van der Waals surface area contributed by atoms with Gasteiger partial charge in [0.05, 0.1) is 13.2 Å². The first-order valence-electron chi connectivity index (χ1n) is 7.53. The van der Waals surface area contributed by atoms with Gasteiger partial charge >= 0.3 is 13.7 Å². The Morgan fingerprint density at radius 3 is 1.73 bits per heavy atom. The maximum atomic E-state index is 13.1. The van der Waals surface area contributed by atoms with E-state index in [9.17, 15) is 14.5 Å². The number of rotatable bonds is 10. The topological polar surface area (TPSA) is 85.3 Å². The van der Waals surface area contributed by atoms with Crippen molar-refractivity contribution in [1.82, 2.24) is 4.83 Å². The van der Waals surface area contributed by atoms with Crippen LogP contribution in [0.1, 0.15) is 61.3 Å². The van der Waals surface area contributed by atoms with E-state index < -0.39 is 24.9 Å². The molecule has 0 aromatic rings. The van der Waals surface area contributed by atoms with E-state index in [2.05, 4.69) is 0 Å². The molecule has 0 fully saturated rings. The van der Waals surface area contributed by atoms with Crippen molar-refractivity contribution in [2.45, 2.75) is 72.4 Å². The molecule has 0 rings (SSSR count). The number of carboxylic acids is 1. The number of hydroxylamine groups is 1. The van der Waals surface area contributed by atoms with Gasteiger partial charge in [-0.05, 0) is 47.5 Å². The molecule has 0 aromatic carbocycles. The maximum Gasteiger partial charge on any atom is 0.431 e. The van der Waals surface area contributed by atoms with Crippen molar-refractivity contribution in [1.29, 1.82) is 0 Å². The first kappa shape index (κ1) is 21.5. The van der Waals surface area contributed by atoms with Gasteiger partial charge in [-0.15, -0.1) is 0 Å². The molecule has 0 amide bonds. The van der Waals surface area contributed by atoms with E-state index in [1.807, 2.05) is 13.8 Å². The van der Waals surface area contributed by atoms with Gasteiger partial charge in [0.25, 0.3) is 0 Å².